The first-order valence-electron chi connectivity index (χ1n) is 15.9. The van der Waals surface area contributed by atoms with E-state index in [9.17, 15) is 25.4 Å². The number of hydrogen-bond acceptors (Lipinski definition) is 13. The number of nitriles is 3. The summed E-state index contributed by atoms with van der Waals surface area (Å²) in [6.45, 7) is 19.5. The van der Waals surface area contributed by atoms with Crippen LogP contribution in [0.3, 0.4) is 0 Å². The molecule has 2 fully saturated rings. The molecule has 52 heavy (non-hydrogen) atoms. The standard InChI is InChI=1S/C36H26N8O4S4/c1-8-43-31(45)29(51-33(43)17(14-37)15-38)41-25-12-23-27(49-25)18-10-21-19(11-20(18)35(3,4)47-23)28-24(48-36(21,5)6)13-26(50-28)42-30-32(46)44(9-2)34(52-30)22(16-39)40-7/h10-13H,8-9H2,1-6H3/b34-22+,41-29?,42-30?. The van der Waals surface area contributed by atoms with Gasteiger partial charge < -0.3 is 14.4 Å². The molecule has 1 aromatic carbocycles. The molecule has 4 aliphatic heterocycles. The first-order chi connectivity index (χ1) is 24.8. The van der Waals surface area contributed by atoms with Crippen LogP contribution < -0.4 is 9.47 Å². The van der Waals surface area contributed by atoms with Crippen LogP contribution in [-0.2, 0) is 20.8 Å². The maximum atomic E-state index is 13.2. The van der Waals surface area contributed by atoms with Crippen molar-refractivity contribution in [2.45, 2.75) is 52.7 Å². The van der Waals surface area contributed by atoms with Crippen LogP contribution in [-0.4, -0.2) is 44.8 Å². The predicted octanol–water partition coefficient (Wildman–Crippen LogP) is 8.52. The fourth-order valence-electron chi connectivity index (χ4n) is 6.31. The zero-order chi connectivity index (χ0) is 37.3. The first-order valence-corrected chi connectivity index (χ1v) is 19.1. The summed E-state index contributed by atoms with van der Waals surface area (Å²) < 4.78 is 13.1. The van der Waals surface area contributed by atoms with Crippen molar-refractivity contribution in [3.8, 4) is 50.6 Å². The molecule has 6 heterocycles. The SMILES string of the molecule is [C-]#[N+]/C(C#N)=C1/SC(=Nc2cc3c(s2)-c2cc4c(cc2C(C)(C)O3)-c2sc(N=C3SC(=C(C#N)C#N)N(CC)C3=O)cc2OC4(C)C)C(=O)N1CC. The monoisotopic (exact) mass is 762 g/mol. The van der Waals surface area contributed by atoms with Crippen molar-refractivity contribution in [3.05, 3.63) is 68.1 Å². The van der Waals surface area contributed by atoms with Gasteiger partial charge in [-0.15, -0.1) is 22.7 Å². The van der Waals surface area contributed by atoms with Crippen molar-refractivity contribution in [3.63, 3.8) is 0 Å². The maximum Gasteiger partial charge on any atom is 0.291 e. The van der Waals surface area contributed by atoms with Crippen molar-refractivity contribution < 1.29 is 19.1 Å². The molecule has 2 aromatic heterocycles. The molecular weight excluding hydrogens is 737 g/mol. The lowest BCUT2D eigenvalue weighted by molar-refractivity contribution is -0.121. The third kappa shape index (κ3) is 5.47. The van der Waals surface area contributed by atoms with Gasteiger partial charge in [-0.05, 0) is 65.4 Å². The second-order valence-corrected chi connectivity index (χ2v) is 16.7. The summed E-state index contributed by atoms with van der Waals surface area (Å²) in [4.78, 5) is 43.5. The highest BCUT2D eigenvalue weighted by atomic mass is 32.2. The molecule has 3 aromatic rings. The third-order valence-corrected chi connectivity index (χ3v) is 12.9. The van der Waals surface area contributed by atoms with Crippen LogP contribution in [0, 0.1) is 40.6 Å². The molecule has 0 saturated carbocycles. The minimum atomic E-state index is -0.742. The number of benzene rings is 1. The number of ether oxygens (including phenoxy) is 2. The van der Waals surface area contributed by atoms with Crippen LogP contribution in [0.25, 0.3) is 25.7 Å². The summed E-state index contributed by atoms with van der Waals surface area (Å²) in [5.74, 6) is 0.535. The third-order valence-electron chi connectivity index (χ3n) is 8.69. The molecule has 2 saturated heterocycles. The fourth-order valence-corrected chi connectivity index (χ4v) is 10.5. The van der Waals surface area contributed by atoms with Crippen LogP contribution in [0.4, 0.5) is 10.0 Å². The highest BCUT2D eigenvalue weighted by molar-refractivity contribution is 8.20. The number of fused-ring (bicyclic) bond motifs is 6. The van der Waals surface area contributed by atoms with Crippen LogP contribution in [0.15, 0.2) is 55.6 Å². The minimum absolute atomic E-state index is 0.135. The Morgan fingerprint density at radius 3 is 1.62 bits per heavy atom. The maximum absolute atomic E-state index is 13.2. The van der Waals surface area contributed by atoms with Gasteiger partial charge in [0.15, 0.2) is 15.7 Å². The number of amides is 2. The number of nitrogens with zero attached hydrogens (tertiary/aromatic N) is 8. The second kappa shape index (κ2) is 12.7. The van der Waals surface area contributed by atoms with E-state index >= 15 is 0 Å². The molecule has 0 unspecified atom stereocenters. The van der Waals surface area contributed by atoms with Gasteiger partial charge in [0.1, 0.15) is 54.9 Å². The average molecular weight is 763 g/mol. The molecule has 258 valence electrons. The van der Waals surface area contributed by atoms with Gasteiger partial charge in [-0.1, -0.05) is 11.8 Å². The molecule has 0 spiro atoms. The molecule has 12 nitrogen and oxygen atoms in total. The van der Waals surface area contributed by atoms with Crippen molar-refractivity contribution in [1.29, 1.82) is 15.8 Å². The highest BCUT2D eigenvalue weighted by Gasteiger charge is 2.42. The average Bonchev–Trinajstić information content (AvgIpc) is 3.85. The number of thioether (sulfide) groups is 2. The molecule has 0 N–H and O–H groups in total. The quantitative estimate of drug-likeness (QED) is 0.188. The summed E-state index contributed by atoms with van der Waals surface area (Å²) in [6, 6.07) is 13.5. The van der Waals surface area contributed by atoms with Crippen molar-refractivity contribution in [2.24, 2.45) is 9.98 Å². The topological polar surface area (TPSA) is 160 Å². The zero-order valence-electron chi connectivity index (χ0n) is 28.6. The fraction of sp³-hybridized carbons (Fsp3) is 0.278. The number of thiophene rings is 2. The van der Waals surface area contributed by atoms with Crippen LogP contribution >= 0.6 is 46.2 Å². The van der Waals surface area contributed by atoms with Gasteiger partial charge in [-0.25, -0.2) is 20.1 Å². The van der Waals surface area contributed by atoms with Gasteiger partial charge in [-0.3, -0.25) is 14.5 Å². The lowest BCUT2D eigenvalue weighted by Crippen LogP contribution is -2.32. The minimum Gasteiger partial charge on any atom is -0.482 e. The Bertz CT molecular complexity index is 2250. The normalized spacial score (nSPS) is 20.2. The van der Waals surface area contributed by atoms with E-state index in [0.717, 1.165) is 55.5 Å². The van der Waals surface area contributed by atoms with E-state index in [0.29, 0.717) is 34.6 Å². The molecular formula is C36H26N8O4S4. The van der Waals surface area contributed by atoms with Gasteiger partial charge >= 0.3 is 0 Å². The van der Waals surface area contributed by atoms with E-state index < -0.39 is 11.2 Å². The lowest BCUT2D eigenvalue weighted by atomic mass is 9.81. The Hall–Kier alpha value is -5.36. The number of allylic oxidation sites excluding steroid dienone is 2. The Labute approximate surface area is 315 Å². The Morgan fingerprint density at radius 2 is 1.21 bits per heavy atom. The second-order valence-electron chi connectivity index (χ2n) is 12.6. The van der Waals surface area contributed by atoms with Gasteiger partial charge in [0.05, 0.1) is 22.4 Å². The number of hydrogen-bond donors (Lipinski definition) is 0. The summed E-state index contributed by atoms with van der Waals surface area (Å²) in [5, 5.41) is 30.3. The summed E-state index contributed by atoms with van der Waals surface area (Å²) in [7, 11) is 0. The summed E-state index contributed by atoms with van der Waals surface area (Å²) in [6.07, 6.45) is 0. The van der Waals surface area contributed by atoms with Crippen LogP contribution in [0.5, 0.6) is 11.5 Å². The smallest absolute Gasteiger partial charge is 0.291 e. The molecule has 0 radical (unpaired) electrons. The Morgan fingerprint density at radius 1 is 0.769 bits per heavy atom. The molecule has 0 bridgehead atoms. The molecule has 4 aliphatic rings. The number of aliphatic imine (C=N–C) groups is 2. The van der Waals surface area contributed by atoms with Crippen LogP contribution in [0.2, 0.25) is 0 Å². The van der Waals surface area contributed by atoms with E-state index in [2.05, 4.69) is 27.0 Å². The molecule has 0 atom stereocenters. The summed E-state index contributed by atoms with van der Waals surface area (Å²) in [5.41, 5.74) is 2.04. The lowest BCUT2D eigenvalue weighted by Gasteiger charge is -2.38. The van der Waals surface area contributed by atoms with Crippen molar-refractivity contribution in [2.75, 3.05) is 13.1 Å². The van der Waals surface area contributed by atoms with Crippen molar-refractivity contribution in [1.82, 2.24) is 9.80 Å². The molecule has 7 rings (SSSR count). The van der Waals surface area contributed by atoms with Gasteiger partial charge in [0, 0.05) is 47.5 Å². The number of carbonyl (C=O) groups excluding carboxylic acids is 2. The molecule has 2 amide bonds. The largest absolute Gasteiger partial charge is 0.482 e. The number of rotatable bonds is 4. The van der Waals surface area contributed by atoms with E-state index in [4.69, 9.17) is 16.0 Å². The van der Waals surface area contributed by atoms with Gasteiger partial charge in [-0.2, -0.15) is 10.5 Å². The summed E-state index contributed by atoms with van der Waals surface area (Å²) >= 11 is 4.81. The predicted molar refractivity (Wildman–Crippen MR) is 202 cm³/mol. The Kier molecular flexibility index (Phi) is 8.56. The number of carbonyl (C=O) groups is 2. The van der Waals surface area contributed by atoms with Gasteiger partial charge in [0.2, 0.25) is 0 Å². The van der Waals surface area contributed by atoms with Gasteiger partial charge in [0.25, 0.3) is 17.5 Å². The Balaban J connectivity index is 1.29. The first kappa shape index (κ1) is 35.1. The van der Waals surface area contributed by atoms with Crippen molar-refractivity contribution >= 4 is 78.1 Å². The van der Waals surface area contributed by atoms with E-state index in [1.165, 1.54) is 32.5 Å². The highest BCUT2D eigenvalue weighted by Crippen LogP contribution is 2.58. The molecule has 0 aliphatic carbocycles. The van der Waals surface area contributed by atoms with E-state index in [-0.39, 0.29) is 43.2 Å². The van der Waals surface area contributed by atoms with E-state index in [1.54, 1.807) is 13.8 Å². The zero-order valence-corrected chi connectivity index (χ0v) is 31.8. The van der Waals surface area contributed by atoms with Crippen LogP contribution in [0.1, 0.15) is 52.7 Å². The molecule has 16 heteroatoms. The van der Waals surface area contributed by atoms with E-state index in [1.807, 2.05) is 58.0 Å².